The van der Waals surface area contributed by atoms with Crippen LogP contribution in [0.2, 0.25) is 0 Å². The van der Waals surface area contributed by atoms with Crippen molar-refractivity contribution < 1.29 is 19.3 Å². The number of nitrogens with zero attached hydrogens (tertiary/aromatic N) is 2. The lowest BCUT2D eigenvalue weighted by Gasteiger charge is -2.22. The molecule has 124 valence electrons. The third kappa shape index (κ3) is 3.14. The summed E-state index contributed by atoms with van der Waals surface area (Å²) < 4.78 is 18.7. The Kier molecular flexibility index (Phi) is 5.17. The van der Waals surface area contributed by atoms with E-state index in [-0.39, 0.29) is 12.7 Å². The van der Waals surface area contributed by atoms with Crippen LogP contribution < -0.4 is 11.2 Å². The summed E-state index contributed by atoms with van der Waals surface area (Å²) in [5.74, 6) is 0. The van der Waals surface area contributed by atoms with Crippen molar-refractivity contribution in [3.8, 4) is 0 Å². The first-order valence-corrected chi connectivity index (χ1v) is 7.13. The van der Waals surface area contributed by atoms with Crippen LogP contribution in [0, 0.1) is 0 Å². The zero-order chi connectivity index (χ0) is 16.4. The van der Waals surface area contributed by atoms with E-state index in [0.717, 1.165) is 4.57 Å². The van der Waals surface area contributed by atoms with Crippen molar-refractivity contribution in [3.05, 3.63) is 33.1 Å². The highest BCUT2D eigenvalue weighted by atomic mass is 16.6. The van der Waals surface area contributed by atoms with Gasteiger partial charge in [0.05, 0.1) is 12.7 Å². The summed E-state index contributed by atoms with van der Waals surface area (Å²) in [4.78, 5) is 23.6. The maximum atomic E-state index is 12.2. The van der Waals surface area contributed by atoms with Gasteiger partial charge in [-0.3, -0.25) is 13.9 Å². The number of aliphatic hydroxyl groups excluding tert-OH is 1. The van der Waals surface area contributed by atoms with Crippen LogP contribution in [0.15, 0.2) is 21.9 Å². The summed E-state index contributed by atoms with van der Waals surface area (Å²) in [6.45, 7) is 3.93. The molecule has 2 rings (SSSR count). The molecule has 8 nitrogen and oxygen atoms in total. The number of hydrogen-bond acceptors (Lipinski definition) is 6. The van der Waals surface area contributed by atoms with Crippen molar-refractivity contribution in [2.75, 3.05) is 13.7 Å². The Bertz CT molecular complexity index is 622. The van der Waals surface area contributed by atoms with Gasteiger partial charge in [-0.1, -0.05) is 0 Å². The van der Waals surface area contributed by atoms with E-state index < -0.39 is 35.8 Å². The van der Waals surface area contributed by atoms with Gasteiger partial charge in [-0.2, -0.15) is 0 Å². The molecule has 0 aromatic carbocycles. The Morgan fingerprint density at radius 1 is 1.41 bits per heavy atom. The van der Waals surface area contributed by atoms with E-state index in [9.17, 15) is 14.7 Å². The van der Waals surface area contributed by atoms with Crippen LogP contribution in [0.1, 0.15) is 20.1 Å². The Morgan fingerprint density at radius 3 is 2.68 bits per heavy atom. The fourth-order valence-electron chi connectivity index (χ4n) is 2.51. The van der Waals surface area contributed by atoms with Gasteiger partial charge in [0, 0.05) is 26.4 Å². The lowest BCUT2D eigenvalue weighted by atomic mass is 10.1. The molecule has 1 aliphatic rings. The zero-order valence-corrected chi connectivity index (χ0v) is 13.1. The van der Waals surface area contributed by atoms with Crippen LogP contribution in [-0.4, -0.2) is 52.4 Å². The Balaban J connectivity index is 2.34. The van der Waals surface area contributed by atoms with Gasteiger partial charge < -0.3 is 19.3 Å². The molecule has 0 bridgehead atoms. The third-order valence-electron chi connectivity index (χ3n) is 3.56. The summed E-state index contributed by atoms with van der Waals surface area (Å²) in [6, 6.07) is 1.25. The molecular formula is C14H22N2O6. The van der Waals surface area contributed by atoms with Crippen LogP contribution >= 0.6 is 0 Å². The van der Waals surface area contributed by atoms with E-state index in [4.69, 9.17) is 14.2 Å². The van der Waals surface area contributed by atoms with Gasteiger partial charge in [-0.05, 0) is 13.8 Å². The minimum Gasteiger partial charge on any atom is -0.386 e. The van der Waals surface area contributed by atoms with E-state index in [1.807, 2.05) is 13.8 Å². The highest BCUT2D eigenvalue weighted by Gasteiger charge is 2.46. The molecule has 0 radical (unpaired) electrons. The van der Waals surface area contributed by atoms with Crippen molar-refractivity contribution in [3.63, 3.8) is 0 Å². The van der Waals surface area contributed by atoms with Crippen LogP contribution in [-0.2, 0) is 21.3 Å². The normalized spacial score (nSPS) is 28.5. The van der Waals surface area contributed by atoms with Crippen LogP contribution in [0.3, 0.4) is 0 Å². The molecule has 1 unspecified atom stereocenters. The van der Waals surface area contributed by atoms with Gasteiger partial charge in [-0.15, -0.1) is 0 Å². The van der Waals surface area contributed by atoms with E-state index >= 15 is 0 Å². The average Bonchev–Trinajstić information content (AvgIpc) is 2.74. The minimum atomic E-state index is -1.04. The number of aliphatic hydroxyl groups is 1. The average molecular weight is 314 g/mol. The second-order valence-electron chi connectivity index (χ2n) is 5.56. The fourth-order valence-corrected chi connectivity index (χ4v) is 2.51. The standard InChI is InChI=1S/C14H22N2O6/c1-8(2)21-12-9(7-20-4)22-13(11(12)18)16-6-5-10(17)15(3)14(16)19/h5-6,8-9,11-13,18H,7H2,1-4H3/t9-,11?,12+,13-/m1/s1. The summed E-state index contributed by atoms with van der Waals surface area (Å²) in [7, 11) is 2.89. The summed E-state index contributed by atoms with van der Waals surface area (Å²) in [6.07, 6.45) is -1.88. The van der Waals surface area contributed by atoms with E-state index in [0.29, 0.717) is 0 Å². The number of rotatable bonds is 5. The first kappa shape index (κ1) is 16.9. The molecule has 1 N–H and O–H groups in total. The highest BCUT2D eigenvalue weighted by molar-refractivity contribution is 4.95. The zero-order valence-electron chi connectivity index (χ0n) is 13.1. The van der Waals surface area contributed by atoms with Crippen molar-refractivity contribution in [2.45, 2.75) is 44.5 Å². The first-order chi connectivity index (χ1) is 10.4. The SMILES string of the molecule is COC[C@H]1O[C@@H](n2ccc(=O)n(C)c2=O)C(O)[C@H]1OC(C)C. The maximum Gasteiger partial charge on any atom is 0.332 e. The van der Waals surface area contributed by atoms with E-state index in [1.165, 1.54) is 31.0 Å². The number of hydrogen-bond donors (Lipinski definition) is 1. The number of aromatic nitrogens is 2. The maximum absolute atomic E-state index is 12.2. The molecule has 0 saturated carbocycles. The Labute approximate surface area is 127 Å². The third-order valence-corrected chi connectivity index (χ3v) is 3.56. The van der Waals surface area contributed by atoms with E-state index in [1.54, 1.807) is 0 Å². The molecular weight excluding hydrogens is 292 g/mol. The summed E-state index contributed by atoms with van der Waals surface area (Å²) in [5, 5.41) is 10.5. The highest BCUT2D eigenvalue weighted by Crippen LogP contribution is 2.31. The predicted octanol–water partition coefficient (Wildman–Crippen LogP) is -0.755. The lowest BCUT2D eigenvalue weighted by molar-refractivity contribution is -0.0844. The largest absolute Gasteiger partial charge is 0.386 e. The first-order valence-electron chi connectivity index (χ1n) is 7.13. The topological polar surface area (TPSA) is 91.9 Å². The molecule has 0 amide bonds. The smallest absolute Gasteiger partial charge is 0.332 e. The molecule has 1 saturated heterocycles. The molecule has 1 aromatic rings. The Hall–Kier alpha value is -1.48. The molecule has 8 heteroatoms. The lowest BCUT2D eigenvalue weighted by Crippen LogP contribution is -2.42. The minimum absolute atomic E-state index is 0.113. The van der Waals surface area contributed by atoms with Crippen molar-refractivity contribution in [1.29, 1.82) is 0 Å². The van der Waals surface area contributed by atoms with Gasteiger partial charge in [-0.25, -0.2) is 4.79 Å². The predicted molar refractivity (Wildman–Crippen MR) is 77.7 cm³/mol. The van der Waals surface area contributed by atoms with Gasteiger partial charge in [0.1, 0.15) is 18.3 Å². The fraction of sp³-hybridized carbons (Fsp3) is 0.714. The molecule has 1 aliphatic heterocycles. The monoisotopic (exact) mass is 314 g/mol. The van der Waals surface area contributed by atoms with Crippen molar-refractivity contribution in [1.82, 2.24) is 9.13 Å². The van der Waals surface area contributed by atoms with Gasteiger partial charge >= 0.3 is 5.69 Å². The summed E-state index contributed by atoms with van der Waals surface area (Å²) >= 11 is 0. The molecule has 22 heavy (non-hydrogen) atoms. The molecule has 2 heterocycles. The van der Waals surface area contributed by atoms with E-state index in [2.05, 4.69) is 0 Å². The molecule has 0 aliphatic carbocycles. The quantitative estimate of drug-likeness (QED) is 0.768. The number of methoxy groups -OCH3 is 1. The molecule has 0 spiro atoms. The molecule has 1 aromatic heterocycles. The van der Waals surface area contributed by atoms with Crippen molar-refractivity contribution >= 4 is 0 Å². The number of ether oxygens (including phenoxy) is 3. The van der Waals surface area contributed by atoms with Crippen LogP contribution in [0.4, 0.5) is 0 Å². The molecule has 1 fully saturated rings. The Morgan fingerprint density at radius 2 is 2.09 bits per heavy atom. The van der Waals surface area contributed by atoms with Gasteiger partial charge in [0.15, 0.2) is 6.23 Å². The summed E-state index contributed by atoms with van der Waals surface area (Å²) in [5.41, 5.74) is -0.977. The van der Waals surface area contributed by atoms with Gasteiger partial charge in [0.2, 0.25) is 0 Å². The second kappa shape index (κ2) is 6.74. The second-order valence-corrected chi connectivity index (χ2v) is 5.56. The van der Waals surface area contributed by atoms with Crippen molar-refractivity contribution in [2.24, 2.45) is 7.05 Å². The van der Waals surface area contributed by atoms with Gasteiger partial charge in [0.25, 0.3) is 5.56 Å². The van der Waals surface area contributed by atoms with Crippen LogP contribution in [0.25, 0.3) is 0 Å². The molecule has 4 atom stereocenters. The van der Waals surface area contributed by atoms with Crippen LogP contribution in [0.5, 0.6) is 0 Å².